The van der Waals surface area contributed by atoms with Crippen molar-refractivity contribution in [3.05, 3.63) is 34.7 Å². The van der Waals surface area contributed by atoms with Crippen molar-refractivity contribution in [2.75, 3.05) is 6.61 Å². The van der Waals surface area contributed by atoms with Crippen molar-refractivity contribution in [1.29, 1.82) is 0 Å². The van der Waals surface area contributed by atoms with Gasteiger partial charge in [-0.3, -0.25) is 4.79 Å². The Morgan fingerprint density at radius 2 is 2.16 bits per heavy atom. The van der Waals surface area contributed by atoms with Crippen LogP contribution in [0.15, 0.2) is 23.6 Å². The maximum absolute atomic E-state index is 13.1. The van der Waals surface area contributed by atoms with Gasteiger partial charge in [0, 0.05) is 28.1 Å². The lowest BCUT2D eigenvalue weighted by molar-refractivity contribution is -0.114. The van der Waals surface area contributed by atoms with Crippen LogP contribution in [0, 0.1) is 30.1 Å². The number of carbonyl (C=O) groups is 1. The number of carbonyl (C=O) groups excluding carboxylic acids is 1. The first-order valence-electron chi connectivity index (χ1n) is 9.31. The fraction of sp³-hybridized carbons (Fsp3) is 0.571. The predicted octanol–water partition coefficient (Wildman–Crippen LogP) is 4.37. The van der Waals surface area contributed by atoms with Gasteiger partial charge in [-0.15, -0.1) is 11.3 Å². The van der Waals surface area contributed by atoms with Crippen LogP contribution in [0.2, 0.25) is 0 Å². The molecule has 3 saturated carbocycles. The summed E-state index contributed by atoms with van der Waals surface area (Å²) < 4.78 is 1.16. The quantitative estimate of drug-likeness (QED) is 0.853. The van der Waals surface area contributed by atoms with E-state index >= 15 is 0 Å². The van der Waals surface area contributed by atoms with E-state index in [0.29, 0.717) is 17.3 Å². The van der Waals surface area contributed by atoms with E-state index in [1.165, 1.54) is 12.0 Å². The SMILES string of the molecule is Cc1ccc2scc(C(=O)N[C@@H]3[C@@H](CCO)C[C@H]4C[C@@H]3C4(C)C)c2c1. The van der Waals surface area contributed by atoms with Crippen LogP contribution in [0.5, 0.6) is 0 Å². The maximum Gasteiger partial charge on any atom is 0.252 e. The van der Waals surface area contributed by atoms with Gasteiger partial charge in [-0.2, -0.15) is 0 Å². The van der Waals surface area contributed by atoms with Crippen LogP contribution in [0.3, 0.4) is 0 Å². The van der Waals surface area contributed by atoms with Crippen molar-refractivity contribution in [3.63, 3.8) is 0 Å². The monoisotopic (exact) mass is 357 g/mol. The van der Waals surface area contributed by atoms with E-state index in [2.05, 4.69) is 44.3 Å². The molecule has 1 aromatic carbocycles. The molecule has 134 valence electrons. The van der Waals surface area contributed by atoms with Gasteiger partial charge in [0.2, 0.25) is 0 Å². The number of aryl methyl sites for hydroxylation is 1. The third kappa shape index (κ3) is 2.70. The topological polar surface area (TPSA) is 49.3 Å². The molecule has 1 amide bonds. The summed E-state index contributed by atoms with van der Waals surface area (Å²) in [5, 5.41) is 15.9. The Kier molecular flexibility index (Phi) is 4.16. The lowest BCUT2D eigenvalue weighted by Gasteiger charge is -2.62. The fourth-order valence-corrected chi connectivity index (χ4v) is 6.06. The molecule has 0 aliphatic heterocycles. The molecule has 0 spiro atoms. The zero-order valence-electron chi connectivity index (χ0n) is 15.2. The lowest BCUT2D eigenvalue weighted by Crippen LogP contribution is -2.63. The summed E-state index contributed by atoms with van der Waals surface area (Å²) in [5.74, 6) is 1.72. The van der Waals surface area contributed by atoms with Crippen molar-refractivity contribution in [1.82, 2.24) is 5.32 Å². The van der Waals surface area contributed by atoms with Gasteiger partial charge in [0.25, 0.3) is 5.91 Å². The van der Waals surface area contributed by atoms with Crippen molar-refractivity contribution in [2.45, 2.75) is 46.1 Å². The van der Waals surface area contributed by atoms with Crippen LogP contribution in [-0.4, -0.2) is 23.7 Å². The first-order valence-corrected chi connectivity index (χ1v) is 10.2. The molecule has 2 aromatic rings. The van der Waals surface area contributed by atoms with Crippen LogP contribution >= 0.6 is 11.3 Å². The minimum atomic E-state index is 0.0472. The Balaban J connectivity index is 1.60. The maximum atomic E-state index is 13.1. The van der Waals surface area contributed by atoms with Gasteiger partial charge in [0.1, 0.15) is 0 Å². The highest BCUT2D eigenvalue weighted by atomic mass is 32.1. The highest BCUT2D eigenvalue weighted by molar-refractivity contribution is 7.17. The number of aliphatic hydroxyl groups is 1. The number of benzene rings is 1. The summed E-state index contributed by atoms with van der Waals surface area (Å²) in [6, 6.07) is 6.48. The Hall–Kier alpha value is -1.39. The molecule has 2 N–H and O–H groups in total. The number of rotatable bonds is 4. The Morgan fingerprint density at radius 3 is 2.88 bits per heavy atom. The van der Waals surface area contributed by atoms with Gasteiger partial charge in [-0.25, -0.2) is 0 Å². The average molecular weight is 358 g/mol. The first kappa shape index (κ1) is 17.0. The van der Waals surface area contributed by atoms with Gasteiger partial charge in [-0.05, 0) is 61.5 Å². The van der Waals surface area contributed by atoms with Crippen LogP contribution in [0.25, 0.3) is 10.1 Å². The van der Waals surface area contributed by atoms with Gasteiger partial charge in [-0.1, -0.05) is 25.5 Å². The first-order chi connectivity index (χ1) is 11.9. The molecule has 1 heterocycles. The number of nitrogens with one attached hydrogen (secondary N) is 1. The Morgan fingerprint density at radius 1 is 1.36 bits per heavy atom. The van der Waals surface area contributed by atoms with Crippen LogP contribution in [-0.2, 0) is 0 Å². The average Bonchev–Trinajstić information content (AvgIpc) is 2.99. The van der Waals surface area contributed by atoms with Gasteiger partial charge >= 0.3 is 0 Å². The lowest BCUT2D eigenvalue weighted by atomic mass is 9.44. The molecule has 3 aliphatic rings. The Bertz CT molecular complexity index is 809. The number of fused-ring (bicyclic) bond motifs is 3. The summed E-state index contributed by atoms with van der Waals surface area (Å²) in [5.41, 5.74) is 2.28. The molecule has 1 aromatic heterocycles. The van der Waals surface area contributed by atoms with Crippen molar-refractivity contribution in [2.24, 2.45) is 23.2 Å². The molecule has 3 fully saturated rings. The summed E-state index contributed by atoms with van der Waals surface area (Å²) >= 11 is 1.63. The summed E-state index contributed by atoms with van der Waals surface area (Å²) in [6.07, 6.45) is 3.12. The second kappa shape index (κ2) is 6.10. The molecule has 4 atom stereocenters. The molecule has 25 heavy (non-hydrogen) atoms. The predicted molar refractivity (Wildman–Crippen MR) is 103 cm³/mol. The largest absolute Gasteiger partial charge is 0.396 e. The molecule has 3 aliphatic carbocycles. The second-order valence-corrected chi connectivity index (χ2v) is 9.43. The van der Waals surface area contributed by atoms with E-state index in [9.17, 15) is 9.90 Å². The van der Waals surface area contributed by atoms with Gasteiger partial charge < -0.3 is 10.4 Å². The number of aliphatic hydroxyl groups excluding tert-OH is 1. The second-order valence-electron chi connectivity index (χ2n) is 8.52. The summed E-state index contributed by atoms with van der Waals surface area (Å²) in [7, 11) is 0. The molecule has 0 unspecified atom stereocenters. The molecular formula is C21H27NO2S. The smallest absolute Gasteiger partial charge is 0.252 e. The highest BCUT2D eigenvalue weighted by Gasteiger charge is 2.57. The summed E-state index contributed by atoms with van der Waals surface area (Å²) in [4.78, 5) is 13.1. The number of amides is 1. The van der Waals surface area contributed by atoms with Crippen molar-refractivity contribution in [3.8, 4) is 0 Å². The molecular weight excluding hydrogens is 330 g/mol. The van der Waals surface area contributed by atoms with E-state index in [1.54, 1.807) is 11.3 Å². The molecule has 0 saturated heterocycles. The fourth-order valence-electron chi connectivity index (χ4n) is 5.14. The number of thiophene rings is 1. The third-order valence-electron chi connectivity index (χ3n) is 6.85. The summed E-state index contributed by atoms with van der Waals surface area (Å²) in [6.45, 7) is 6.94. The highest BCUT2D eigenvalue weighted by Crippen LogP contribution is 2.61. The van der Waals surface area contributed by atoms with E-state index in [1.807, 2.05) is 5.38 Å². The normalized spacial score (nSPS) is 30.1. The standard InChI is InChI=1S/C21H27NO2S/c1-12-4-5-18-15(8-12)16(11-25-18)20(24)22-19-13(6-7-23)9-14-10-17(19)21(14,2)3/h4-5,8,11,13-14,17,19,23H,6-7,9-10H2,1-3H3,(H,22,24)/t13-,14-,17-,19+/m0/s1. The molecule has 0 radical (unpaired) electrons. The number of hydrogen-bond acceptors (Lipinski definition) is 3. The minimum Gasteiger partial charge on any atom is -0.396 e. The molecule has 3 nitrogen and oxygen atoms in total. The van der Waals surface area contributed by atoms with Crippen LogP contribution in [0.1, 0.15) is 49.0 Å². The van der Waals surface area contributed by atoms with Crippen molar-refractivity contribution >= 4 is 27.3 Å². The molecule has 5 rings (SSSR count). The van der Waals surface area contributed by atoms with Gasteiger partial charge in [0.15, 0.2) is 0 Å². The third-order valence-corrected chi connectivity index (χ3v) is 7.81. The van der Waals surface area contributed by atoms with E-state index in [0.717, 1.165) is 34.4 Å². The van der Waals surface area contributed by atoms with Crippen LogP contribution in [0.4, 0.5) is 0 Å². The Labute approximate surface area is 153 Å². The van der Waals surface area contributed by atoms with E-state index in [4.69, 9.17) is 0 Å². The van der Waals surface area contributed by atoms with Crippen LogP contribution < -0.4 is 5.32 Å². The zero-order chi connectivity index (χ0) is 17.8. The number of hydrogen-bond donors (Lipinski definition) is 2. The van der Waals surface area contributed by atoms with E-state index < -0.39 is 0 Å². The van der Waals surface area contributed by atoms with Gasteiger partial charge in [0.05, 0.1) is 5.56 Å². The minimum absolute atomic E-state index is 0.0472. The molecule has 2 bridgehead atoms. The van der Waals surface area contributed by atoms with E-state index in [-0.39, 0.29) is 18.6 Å². The van der Waals surface area contributed by atoms with Crippen molar-refractivity contribution < 1.29 is 9.90 Å². The zero-order valence-corrected chi connectivity index (χ0v) is 16.0. The molecule has 4 heteroatoms.